The average Bonchev–Trinajstić information content (AvgIpc) is 2.11. The molecule has 0 N–H and O–H groups in total. The molecule has 70 valence electrons. The number of carbonyl (C=O) groups is 1. The first-order chi connectivity index (χ1) is 6.15. The largest absolute Gasteiger partial charge is 0.302 e. The van der Waals surface area contributed by atoms with Gasteiger partial charge in [0.05, 0.1) is 5.38 Å². The van der Waals surface area contributed by atoms with Crippen molar-refractivity contribution in [3.63, 3.8) is 0 Å². The summed E-state index contributed by atoms with van der Waals surface area (Å²) in [6.07, 6.45) is 1.03. The number of alkyl halides is 1. The van der Waals surface area contributed by atoms with E-state index in [0.29, 0.717) is 22.8 Å². The summed E-state index contributed by atoms with van der Waals surface area (Å²) in [4.78, 5) is 10.3. The predicted octanol–water partition coefficient (Wildman–Crippen LogP) is 3.34. The summed E-state index contributed by atoms with van der Waals surface area (Å²) in [5.41, 5.74) is 0.720. The summed E-state index contributed by atoms with van der Waals surface area (Å²) in [6, 6.07) is 5.19. The van der Waals surface area contributed by atoms with Gasteiger partial charge in [-0.1, -0.05) is 29.3 Å². The third-order valence-corrected chi connectivity index (χ3v) is 2.57. The van der Waals surface area contributed by atoms with E-state index < -0.39 is 5.38 Å². The van der Waals surface area contributed by atoms with Crippen LogP contribution in [0.1, 0.15) is 5.56 Å². The van der Waals surface area contributed by atoms with Gasteiger partial charge in [-0.2, -0.15) is 0 Å². The molecule has 0 saturated carbocycles. The second-order valence-corrected chi connectivity index (χ2v) is 3.93. The second-order valence-electron chi connectivity index (χ2n) is 2.56. The maximum atomic E-state index is 10.3. The van der Waals surface area contributed by atoms with Crippen molar-refractivity contribution in [2.75, 3.05) is 0 Å². The van der Waals surface area contributed by atoms with E-state index in [9.17, 15) is 4.79 Å². The van der Waals surface area contributed by atoms with Gasteiger partial charge in [0.25, 0.3) is 0 Å². The van der Waals surface area contributed by atoms with Gasteiger partial charge in [-0.05, 0) is 24.1 Å². The zero-order valence-electron chi connectivity index (χ0n) is 6.64. The predicted molar refractivity (Wildman–Crippen MR) is 55.9 cm³/mol. The number of halogens is 3. The summed E-state index contributed by atoms with van der Waals surface area (Å²) in [5, 5.41) is 0.511. The Labute approximate surface area is 91.6 Å². The monoisotopic (exact) mass is 236 g/mol. The third-order valence-electron chi connectivity index (χ3n) is 1.61. The first-order valence-electron chi connectivity index (χ1n) is 3.67. The van der Waals surface area contributed by atoms with Crippen LogP contribution in [-0.2, 0) is 11.2 Å². The maximum Gasteiger partial charge on any atom is 0.138 e. The number of rotatable bonds is 3. The Kier molecular flexibility index (Phi) is 4.04. The molecule has 1 unspecified atom stereocenters. The Morgan fingerprint density at radius 3 is 2.31 bits per heavy atom. The highest BCUT2D eigenvalue weighted by atomic mass is 35.5. The van der Waals surface area contributed by atoms with Gasteiger partial charge in [-0.3, -0.25) is 0 Å². The normalized spacial score (nSPS) is 12.5. The van der Waals surface area contributed by atoms with E-state index in [1.807, 2.05) is 0 Å². The molecule has 0 heterocycles. The van der Waals surface area contributed by atoms with Crippen molar-refractivity contribution in [1.82, 2.24) is 0 Å². The van der Waals surface area contributed by atoms with E-state index in [1.54, 1.807) is 18.2 Å². The van der Waals surface area contributed by atoms with Crippen LogP contribution in [0.15, 0.2) is 18.2 Å². The quantitative estimate of drug-likeness (QED) is 0.582. The van der Waals surface area contributed by atoms with E-state index in [-0.39, 0.29) is 0 Å². The number of benzene rings is 1. The standard InChI is InChI=1S/C9H7Cl3O/c10-6(5-13)4-7-8(11)2-1-3-9(7)12/h1-3,5-6H,4H2. The van der Waals surface area contributed by atoms with Crippen molar-refractivity contribution in [3.8, 4) is 0 Å². The van der Waals surface area contributed by atoms with E-state index in [1.165, 1.54) is 0 Å². The molecule has 1 nitrogen and oxygen atoms in total. The van der Waals surface area contributed by atoms with Crippen molar-refractivity contribution in [1.29, 1.82) is 0 Å². The van der Waals surface area contributed by atoms with Gasteiger partial charge in [-0.15, -0.1) is 11.6 Å². The molecule has 13 heavy (non-hydrogen) atoms. The molecule has 0 aliphatic heterocycles. The lowest BCUT2D eigenvalue weighted by Crippen LogP contribution is -2.05. The van der Waals surface area contributed by atoms with Crippen molar-refractivity contribution >= 4 is 41.1 Å². The first kappa shape index (κ1) is 10.8. The van der Waals surface area contributed by atoms with Crippen molar-refractivity contribution in [2.45, 2.75) is 11.8 Å². The molecule has 0 aromatic heterocycles. The summed E-state index contributed by atoms with van der Waals surface area (Å²) in [6.45, 7) is 0. The van der Waals surface area contributed by atoms with Crippen LogP contribution < -0.4 is 0 Å². The van der Waals surface area contributed by atoms with Gasteiger partial charge in [0.15, 0.2) is 0 Å². The lowest BCUT2D eigenvalue weighted by molar-refractivity contribution is -0.107. The molecule has 0 aliphatic rings. The highest BCUT2D eigenvalue weighted by molar-refractivity contribution is 6.36. The molecular weight excluding hydrogens is 230 g/mol. The molecule has 1 rings (SSSR count). The van der Waals surface area contributed by atoms with Crippen molar-refractivity contribution < 1.29 is 4.79 Å². The minimum Gasteiger partial charge on any atom is -0.302 e. The number of hydrogen-bond donors (Lipinski definition) is 0. The minimum absolute atomic E-state index is 0.365. The molecule has 0 aliphatic carbocycles. The summed E-state index contributed by atoms with van der Waals surface area (Å²) in [5.74, 6) is 0. The van der Waals surface area contributed by atoms with Crippen LogP contribution in [0.3, 0.4) is 0 Å². The highest BCUT2D eigenvalue weighted by Crippen LogP contribution is 2.26. The van der Waals surface area contributed by atoms with Crippen LogP contribution in [0.2, 0.25) is 10.0 Å². The maximum absolute atomic E-state index is 10.3. The molecular formula is C9H7Cl3O. The topological polar surface area (TPSA) is 17.1 Å². The highest BCUT2D eigenvalue weighted by Gasteiger charge is 2.10. The Bertz CT molecular complexity index is 291. The zero-order valence-corrected chi connectivity index (χ0v) is 8.90. The molecule has 0 spiro atoms. The molecule has 0 radical (unpaired) electrons. The van der Waals surface area contributed by atoms with Gasteiger partial charge in [0.1, 0.15) is 6.29 Å². The molecule has 0 amide bonds. The van der Waals surface area contributed by atoms with Crippen LogP contribution >= 0.6 is 34.8 Å². The van der Waals surface area contributed by atoms with Crippen LogP contribution in [-0.4, -0.2) is 11.7 Å². The molecule has 4 heteroatoms. The molecule has 1 aromatic carbocycles. The Morgan fingerprint density at radius 2 is 1.85 bits per heavy atom. The van der Waals surface area contributed by atoms with Gasteiger partial charge in [0, 0.05) is 10.0 Å². The average molecular weight is 238 g/mol. The van der Waals surface area contributed by atoms with Gasteiger partial charge in [0.2, 0.25) is 0 Å². The first-order valence-corrected chi connectivity index (χ1v) is 4.86. The lowest BCUT2D eigenvalue weighted by atomic mass is 10.1. The number of carbonyl (C=O) groups excluding carboxylic acids is 1. The summed E-state index contributed by atoms with van der Waals surface area (Å²) in [7, 11) is 0. The molecule has 0 bridgehead atoms. The van der Waals surface area contributed by atoms with Crippen LogP contribution in [0.25, 0.3) is 0 Å². The minimum atomic E-state index is -0.572. The fourth-order valence-corrected chi connectivity index (χ4v) is 1.68. The molecule has 0 saturated heterocycles. The molecule has 1 aromatic rings. The third kappa shape index (κ3) is 2.87. The fraction of sp³-hybridized carbons (Fsp3) is 0.222. The molecule has 1 atom stereocenters. The van der Waals surface area contributed by atoms with Gasteiger partial charge in [-0.25, -0.2) is 0 Å². The second kappa shape index (κ2) is 4.85. The zero-order chi connectivity index (χ0) is 9.84. The van der Waals surface area contributed by atoms with E-state index >= 15 is 0 Å². The number of aldehydes is 1. The molecule has 0 fully saturated rings. The van der Waals surface area contributed by atoms with Crippen LogP contribution in [0.5, 0.6) is 0 Å². The summed E-state index contributed by atoms with van der Waals surface area (Å²) < 4.78 is 0. The van der Waals surface area contributed by atoms with Crippen LogP contribution in [0, 0.1) is 0 Å². The fourth-order valence-electron chi connectivity index (χ4n) is 0.970. The smallest absolute Gasteiger partial charge is 0.138 e. The van der Waals surface area contributed by atoms with Gasteiger partial charge < -0.3 is 4.79 Å². The SMILES string of the molecule is O=CC(Cl)Cc1c(Cl)cccc1Cl. The Balaban J connectivity index is 2.93. The number of hydrogen-bond acceptors (Lipinski definition) is 1. The Hall–Kier alpha value is -0.240. The summed E-state index contributed by atoms with van der Waals surface area (Å²) >= 11 is 17.4. The lowest BCUT2D eigenvalue weighted by Gasteiger charge is -2.06. The van der Waals surface area contributed by atoms with E-state index in [2.05, 4.69) is 0 Å². The van der Waals surface area contributed by atoms with Crippen molar-refractivity contribution in [2.24, 2.45) is 0 Å². The van der Waals surface area contributed by atoms with E-state index in [4.69, 9.17) is 34.8 Å². The van der Waals surface area contributed by atoms with E-state index in [0.717, 1.165) is 5.56 Å². The van der Waals surface area contributed by atoms with Crippen LogP contribution in [0.4, 0.5) is 0 Å². The van der Waals surface area contributed by atoms with Crippen molar-refractivity contribution in [3.05, 3.63) is 33.8 Å². The Morgan fingerprint density at radius 1 is 1.31 bits per heavy atom. The van der Waals surface area contributed by atoms with Gasteiger partial charge >= 0.3 is 0 Å².